The van der Waals surface area contributed by atoms with E-state index in [-0.39, 0.29) is 139 Å². The summed E-state index contributed by atoms with van der Waals surface area (Å²) in [4.78, 5) is 187. The van der Waals surface area contributed by atoms with Crippen LogP contribution in [-0.4, -0.2) is 187 Å². The molecule has 8 aromatic rings. The molecule has 0 radical (unpaired) electrons. The number of hydrogen-bond acceptors (Lipinski definition) is 28. The van der Waals surface area contributed by atoms with E-state index >= 15 is 0 Å². The Morgan fingerprint density at radius 3 is 0.667 bits per heavy atom. The van der Waals surface area contributed by atoms with Crippen molar-refractivity contribution in [3.05, 3.63) is 214 Å². The minimum atomic E-state index is -1.33. The van der Waals surface area contributed by atoms with E-state index in [9.17, 15) is 112 Å². The lowest BCUT2D eigenvalue weighted by atomic mass is 10.0. The zero-order valence-corrected chi connectivity index (χ0v) is 72.0. The smallest absolute Gasteiger partial charge is 0.372 e. The van der Waals surface area contributed by atoms with E-state index in [0.29, 0.717) is 77.7 Å². The zero-order valence-electron chi connectivity index (χ0n) is 68.8. The van der Waals surface area contributed by atoms with Gasteiger partial charge >= 0.3 is 69.0 Å². The van der Waals surface area contributed by atoms with E-state index in [1.165, 1.54) is 97.1 Å². The Morgan fingerprint density at radius 2 is 0.496 bits per heavy atom. The van der Waals surface area contributed by atoms with Crippen molar-refractivity contribution in [1.29, 1.82) is 0 Å². The van der Waals surface area contributed by atoms with Gasteiger partial charge in [-0.05, 0) is 194 Å². The first-order valence-electron chi connectivity index (χ1n) is 37.4. The Kier molecular flexibility index (Phi) is 42.8. The molecule has 8 N–H and O–H groups in total. The number of carboxylic acids is 4. The first kappa shape index (κ1) is 106. The third-order valence-corrected chi connectivity index (χ3v) is 19.3. The summed E-state index contributed by atoms with van der Waals surface area (Å²) >= 11 is 1.91. The van der Waals surface area contributed by atoms with E-state index in [1.54, 1.807) is 27.7 Å². The lowest BCUT2D eigenvalue weighted by Crippen LogP contribution is -2.41. The molecule has 0 spiro atoms. The van der Waals surface area contributed by atoms with Crippen LogP contribution in [0.15, 0.2) is 146 Å². The number of benzene rings is 8. The zero-order chi connectivity index (χ0) is 96.1. The summed E-state index contributed by atoms with van der Waals surface area (Å²) in [6.07, 6.45) is 0.530. The third-order valence-electron chi connectivity index (χ3n) is 16.0. The van der Waals surface area contributed by atoms with Crippen LogP contribution in [0, 0.1) is 46.5 Å². The maximum atomic E-state index is 14.2. The van der Waals surface area contributed by atoms with Crippen molar-refractivity contribution < 1.29 is 170 Å². The molecule has 0 saturated heterocycles. The number of rotatable bonds is 33. The summed E-state index contributed by atoms with van der Waals surface area (Å²) in [6.45, 7) is 11.2. The van der Waals surface area contributed by atoms with Gasteiger partial charge in [0, 0.05) is 97.2 Å². The number of aliphatic carboxylic acids is 4. The normalized spacial score (nSPS) is 11.4. The van der Waals surface area contributed by atoms with E-state index in [2.05, 4.69) is 21.3 Å². The topological polar surface area (TPSA) is 476 Å². The van der Waals surface area contributed by atoms with Crippen LogP contribution in [0.3, 0.4) is 0 Å². The average molecular weight is 1880 g/mol. The van der Waals surface area contributed by atoms with Crippen molar-refractivity contribution in [1.82, 2.24) is 21.3 Å². The highest BCUT2D eigenvalue weighted by Gasteiger charge is 2.30. The molecule has 8 rings (SSSR count). The van der Waals surface area contributed by atoms with Crippen molar-refractivity contribution in [3.8, 4) is 67.5 Å². The number of halogens is 8. The molecule has 0 aliphatic heterocycles. The summed E-state index contributed by atoms with van der Waals surface area (Å²) in [7, 11) is 0. The quantitative estimate of drug-likeness (QED) is 0.0108. The molecule has 0 aliphatic carbocycles. The van der Waals surface area contributed by atoms with Crippen LogP contribution in [0.25, 0.3) is 44.5 Å². The van der Waals surface area contributed by atoms with E-state index in [1.807, 2.05) is 0 Å². The summed E-state index contributed by atoms with van der Waals surface area (Å²) in [6, 6.07) is 21.9. The van der Waals surface area contributed by atoms with Gasteiger partial charge in [-0.3, -0.25) is 19.2 Å². The van der Waals surface area contributed by atoms with Crippen LogP contribution in [0.4, 0.5) is 54.3 Å². The predicted octanol–water partition coefficient (Wildman–Crippen LogP) is 14.9. The minimum Gasteiger partial charge on any atom is -0.480 e. The monoisotopic (exact) mass is 1880 g/mol. The maximum absolute atomic E-state index is 14.2. The molecule has 4 amide bonds. The van der Waals surface area contributed by atoms with Gasteiger partial charge in [0.25, 0.3) is 0 Å². The largest absolute Gasteiger partial charge is 0.480 e. The number of esters is 4. The van der Waals surface area contributed by atoms with Gasteiger partial charge in [-0.1, -0.05) is 31.2 Å². The Hall–Kier alpha value is -13.9. The van der Waals surface area contributed by atoms with E-state index in [4.69, 9.17) is 58.3 Å². The van der Waals surface area contributed by atoms with Crippen molar-refractivity contribution >= 4 is 140 Å². The number of carboxylic acid groups (broad SMARTS) is 4. The molecule has 686 valence electrons. The summed E-state index contributed by atoms with van der Waals surface area (Å²) in [5.41, 5.74) is 0.231. The molecule has 0 fully saturated rings. The summed E-state index contributed by atoms with van der Waals surface area (Å²) < 4.78 is 150. The summed E-state index contributed by atoms with van der Waals surface area (Å²) in [5.74, 6) is -19.5. The van der Waals surface area contributed by atoms with Gasteiger partial charge in [-0.25, -0.2) is 92.7 Å². The Labute approximate surface area is 744 Å². The molecule has 0 heterocycles. The van der Waals surface area contributed by atoms with Crippen LogP contribution >= 0.6 is 47.0 Å². The Morgan fingerprint density at radius 1 is 0.295 bits per heavy atom. The standard InChI is InChI=1S/C22H21F2NO7S.3C21H19F2NO7S/c1-3-8-31-21(29)16-9-13(15-6-5-14(23)10-17(15)24)4-7-19(16)32-22(30)33-11-18(20(27)28)25-12(2)26;3*1-3-30-20(28)15-8-12(14-6-5-13(22)9-16(14)23)4-7-18(15)31-21(29)32-10-17(19(26)27)24-11(2)25/h4-7,9-10,18H,3,8,11H2,1-2H3,(H,25,26)(H,27,28);3*4-9,17H,3,10H2,1-2H3,(H,24,25)(H,26,27)/t;2*17-;/m.10./s1. The molecule has 0 bridgehead atoms. The van der Waals surface area contributed by atoms with Gasteiger partial charge < -0.3 is 79.6 Å². The number of carbonyl (C=O) groups excluding carboxylic acids is 12. The van der Waals surface area contributed by atoms with Crippen molar-refractivity contribution in [3.63, 3.8) is 0 Å². The number of hydrogen-bond donors (Lipinski definition) is 8. The fourth-order valence-corrected chi connectivity index (χ4v) is 13.0. The van der Waals surface area contributed by atoms with Gasteiger partial charge in [-0.15, -0.1) is 0 Å². The Bertz CT molecular complexity index is 5130. The molecular formula is C85H78F8N4O28S4. The average Bonchev–Trinajstić information content (AvgIpc) is 0.818. The van der Waals surface area contributed by atoms with E-state index in [0.717, 1.165) is 52.0 Å². The first-order chi connectivity index (χ1) is 61.0. The second-order valence-corrected chi connectivity index (χ2v) is 29.5. The number of thioether (sulfide) groups is 4. The van der Waals surface area contributed by atoms with Crippen molar-refractivity contribution in [2.45, 2.75) is 86.0 Å². The predicted molar refractivity (Wildman–Crippen MR) is 451 cm³/mol. The molecule has 129 heavy (non-hydrogen) atoms. The third kappa shape index (κ3) is 34.8. The Balaban J connectivity index is 0.000000305. The van der Waals surface area contributed by atoms with Crippen LogP contribution in [0.1, 0.15) is 103 Å². The van der Waals surface area contributed by atoms with Crippen LogP contribution in [0.5, 0.6) is 23.0 Å². The molecule has 44 heteroatoms. The van der Waals surface area contributed by atoms with Crippen molar-refractivity contribution in [2.24, 2.45) is 0 Å². The van der Waals surface area contributed by atoms with Gasteiger partial charge in [0.05, 0.1) is 26.4 Å². The SMILES string of the molecule is CCCOC(=O)c1cc(-c2ccc(F)cc2F)ccc1OC(=O)SCC(NC(C)=O)C(=O)O.CCOC(=O)c1cc(-c2ccc(F)cc2F)ccc1OC(=O)SCC(NC(C)=O)C(=O)O.CCOC(=O)c1cc(-c2ccc(F)cc2F)ccc1OC(=O)SC[C@@H](NC(C)=O)C(=O)O.CCOC(=O)c1cc(-c2ccc(F)cc2F)ccc1OC(=O)SC[C@H](NC(C)=O)C(=O)O. The highest BCUT2D eigenvalue weighted by molar-refractivity contribution is 8.14. The fourth-order valence-electron chi connectivity index (χ4n) is 10.3. The van der Waals surface area contributed by atoms with Gasteiger partial charge in [0.1, 0.15) is 116 Å². The number of nitrogens with one attached hydrogen (secondary N) is 4. The molecule has 32 nitrogen and oxygen atoms in total. The van der Waals surface area contributed by atoms with Crippen LogP contribution in [-0.2, 0) is 57.3 Å². The highest BCUT2D eigenvalue weighted by Crippen LogP contribution is 2.36. The second kappa shape index (κ2) is 52.3. The van der Waals surface area contributed by atoms with Gasteiger partial charge in [-0.2, -0.15) is 0 Å². The molecule has 2 unspecified atom stereocenters. The van der Waals surface area contributed by atoms with Crippen LogP contribution < -0.4 is 40.2 Å². The van der Waals surface area contributed by atoms with Gasteiger partial charge in [0.15, 0.2) is 0 Å². The summed E-state index contributed by atoms with van der Waals surface area (Å²) in [5, 5.41) is 41.3. The molecule has 8 aromatic carbocycles. The number of ether oxygens (including phenoxy) is 8. The minimum absolute atomic E-state index is 0.0174. The molecule has 0 saturated carbocycles. The highest BCUT2D eigenvalue weighted by atomic mass is 32.2. The maximum Gasteiger partial charge on any atom is 0.372 e. The van der Waals surface area contributed by atoms with Gasteiger partial charge in [0.2, 0.25) is 23.6 Å². The number of carbonyl (C=O) groups is 16. The first-order valence-corrected chi connectivity index (χ1v) is 41.4. The van der Waals surface area contributed by atoms with Crippen molar-refractivity contribution in [2.75, 3.05) is 49.4 Å². The fraction of sp³-hybridized carbons (Fsp3) is 0.247. The molecule has 0 aliphatic rings. The van der Waals surface area contributed by atoms with Crippen LogP contribution in [0.2, 0.25) is 0 Å². The van der Waals surface area contributed by atoms with E-state index < -0.39 is 163 Å². The lowest BCUT2D eigenvalue weighted by Gasteiger charge is -2.14. The number of amides is 4. The lowest BCUT2D eigenvalue weighted by molar-refractivity contribution is -0.141. The molecular weight excluding hydrogens is 1810 g/mol. The molecule has 0 aromatic heterocycles. The molecule has 4 atom stereocenters. The second-order valence-electron chi connectivity index (χ2n) is 25.7.